The van der Waals surface area contributed by atoms with Crippen LogP contribution in [-0.2, 0) is 9.53 Å². The first-order valence-electron chi connectivity index (χ1n) is 5.68. The predicted molar refractivity (Wildman–Crippen MR) is 66.8 cm³/mol. The number of aromatic nitrogens is 1. The number of carbonyl (C=O) groups excluding carboxylic acids is 1. The van der Waals surface area contributed by atoms with E-state index in [1.54, 1.807) is 6.20 Å². The first-order chi connectivity index (χ1) is 8.27. The van der Waals surface area contributed by atoms with Crippen molar-refractivity contribution in [3.8, 4) is 0 Å². The van der Waals surface area contributed by atoms with Crippen LogP contribution in [-0.4, -0.2) is 18.1 Å². The van der Waals surface area contributed by atoms with E-state index < -0.39 is 0 Å². The first-order valence-corrected chi connectivity index (χ1v) is 5.68. The molecule has 1 aromatic heterocycles. The molecule has 0 amide bonds. The van der Waals surface area contributed by atoms with Crippen molar-refractivity contribution in [1.29, 1.82) is 0 Å². The van der Waals surface area contributed by atoms with E-state index in [-0.39, 0.29) is 11.9 Å². The predicted octanol–water partition coefficient (Wildman–Crippen LogP) is 2.90. The van der Waals surface area contributed by atoms with Gasteiger partial charge in [-0.05, 0) is 23.4 Å². The third-order valence-corrected chi connectivity index (χ3v) is 2.98. The van der Waals surface area contributed by atoms with Gasteiger partial charge < -0.3 is 4.74 Å². The smallest absolute Gasteiger partial charge is 0.313 e. The Morgan fingerprint density at radius 1 is 1.41 bits per heavy atom. The molecule has 0 saturated heterocycles. The largest absolute Gasteiger partial charge is 0.469 e. The van der Waals surface area contributed by atoms with Crippen LogP contribution in [0.1, 0.15) is 24.8 Å². The van der Waals surface area contributed by atoms with Gasteiger partial charge in [-0.25, -0.2) is 0 Å². The highest BCUT2D eigenvalue weighted by Crippen LogP contribution is 2.28. The maximum Gasteiger partial charge on any atom is 0.313 e. The summed E-state index contributed by atoms with van der Waals surface area (Å²) in [6, 6.07) is 7.87. The molecule has 0 aliphatic rings. The minimum absolute atomic E-state index is 0.184. The van der Waals surface area contributed by atoms with Crippen molar-refractivity contribution in [3.05, 3.63) is 42.2 Å². The molecule has 0 N–H and O–H groups in total. The van der Waals surface area contributed by atoms with Crippen molar-refractivity contribution < 1.29 is 9.53 Å². The van der Waals surface area contributed by atoms with Crippen LogP contribution in [0.3, 0.4) is 0 Å². The lowest BCUT2D eigenvalue weighted by atomic mass is 9.92. The Balaban J connectivity index is 2.57. The second-order valence-electron chi connectivity index (χ2n) is 3.93. The summed E-state index contributed by atoms with van der Waals surface area (Å²) in [5, 5.41) is 2.12. The molecule has 1 heterocycles. The third kappa shape index (κ3) is 2.13. The molecule has 17 heavy (non-hydrogen) atoms. The molecule has 0 saturated carbocycles. The molecule has 0 spiro atoms. The Labute approximate surface area is 100 Å². The zero-order valence-electron chi connectivity index (χ0n) is 10.0. The first kappa shape index (κ1) is 11.6. The van der Waals surface area contributed by atoms with Gasteiger partial charge in [0.1, 0.15) is 0 Å². The molecule has 1 aromatic carbocycles. The van der Waals surface area contributed by atoms with E-state index in [0.29, 0.717) is 0 Å². The number of carbonyl (C=O) groups is 1. The number of esters is 1. The normalized spacial score (nSPS) is 12.4. The van der Waals surface area contributed by atoms with Crippen LogP contribution in [0.15, 0.2) is 36.7 Å². The number of nitrogens with zero attached hydrogens (tertiary/aromatic N) is 1. The summed E-state index contributed by atoms with van der Waals surface area (Å²) in [6.45, 7) is 1.99. The number of hydrogen-bond acceptors (Lipinski definition) is 3. The molecule has 0 bridgehead atoms. The zero-order valence-corrected chi connectivity index (χ0v) is 10.0. The van der Waals surface area contributed by atoms with E-state index in [0.717, 1.165) is 22.8 Å². The second-order valence-corrected chi connectivity index (χ2v) is 3.93. The molecule has 88 valence electrons. The molecule has 0 radical (unpaired) electrons. The van der Waals surface area contributed by atoms with E-state index in [9.17, 15) is 4.79 Å². The van der Waals surface area contributed by atoms with Gasteiger partial charge in [0.15, 0.2) is 0 Å². The number of pyridine rings is 1. The molecule has 0 aliphatic heterocycles. The number of fused-ring (bicyclic) bond motifs is 1. The minimum atomic E-state index is -0.203. The van der Waals surface area contributed by atoms with Crippen molar-refractivity contribution in [2.75, 3.05) is 7.11 Å². The van der Waals surface area contributed by atoms with Crippen LogP contribution in [0.2, 0.25) is 0 Å². The summed E-state index contributed by atoms with van der Waals surface area (Å²) in [4.78, 5) is 15.8. The highest BCUT2D eigenvalue weighted by molar-refractivity contribution is 5.90. The zero-order chi connectivity index (χ0) is 12.3. The van der Waals surface area contributed by atoms with Crippen LogP contribution in [0.25, 0.3) is 10.8 Å². The van der Waals surface area contributed by atoms with Crippen molar-refractivity contribution in [3.63, 3.8) is 0 Å². The van der Waals surface area contributed by atoms with E-state index in [1.807, 2.05) is 37.4 Å². The van der Waals surface area contributed by atoms with Crippen LogP contribution in [0.4, 0.5) is 0 Å². The van der Waals surface area contributed by atoms with Gasteiger partial charge in [-0.3, -0.25) is 9.78 Å². The van der Waals surface area contributed by atoms with Crippen molar-refractivity contribution >= 4 is 16.7 Å². The lowest BCUT2D eigenvalue weighted by Gasteiger charge is -2.15. The molecule has 0 fully saturated rings. The molecule has 3 nitrogen and oxygen atoms in total. The van der Waals surface area contributed by atoms with Gasteiger partial charge in [0.05, 0.1) is 13.0 Å². The summed E-state index contributed by atoms with van der Waals surface area (Å²) in [7, 11) is 1.43. The number of hydrogen-bond donors (Lipinski definition) is 0. The number of rotatable bonds is 3. The monoisotopic (exact) mass is 229 g/mol. The minimum Gasteiger partial charge on any atom is -0.469 e. The van der Waals surface area contributed by atoms with Crippen molar-refractivity contribution in [1.82, 2.24) is 4.98 Å². The summed E-state index contributed by atoms with van der Waals surface area (Å²) < 4.78 is 4.85. The maximum atomic E-state index is 11.7. The topological polar surface area (TPSA) is 39.2 Å². The molecule has 1 atom stereocenters. The summed E-state index contributed by atoms with van der Waals surface area (Å²) in [5.41, 5.74) is 1.01. The lowest BCUT2D eigenvalue weighted by molar-refractivity contribution is -0.142. The molecule has 2 rings (SSSR count). The van der Waals surface area contributed by atoms with Gasteiger partial charge in [0, 0.05) is 17.8 Å². The molecule has 3 heteroatoms. The Morgan fingerprint density at radius 3 is 2.94 bits per heavy atom. The van der Waals surface area contributed by atoms with Gasteiger partial charge in [-0.1, -0.05) is 25.1 Å². The van der Waals surface area contributed by atoms with Crippen LogP contribution >= 0.6 is 0 Å². The van der Waals surface area contributed by atoms with E-state index in [2.05, 4.69) is 4.98 Å². The van der Waals surface area contributed by atoms with Gasteiger partial charge in [0.2, 0.25) is 0 Å². The molecular formula is C14H15NO2. The average molecular weight is 229 g/mol. The second kappa shape index (κ2) is 4.95. The van der Waals surface area contributed by atoms with Gasteiger partial charge in [0.25, 0.3) is 0 Å². The highest BCUT2D eigenvalue weighted by atomic mass is 16.5. The number of methoxy groups -OCH3 is 1. The fourth-order valence-electron chi connectivity index (χ4n) is 2.11. The van der Waals surface area contributed by atoms with Crippen LogP contribution < -0.4 is 0 Å². The SMILES string of the molecule is CCC(C(=O)OC)c1cccc2cnccc12. The van der Waals surface area contributed by atoms with Crippen LogP contribution in [0.5, 0.6) is 0 Å². The van der Waals surface area contributed by atoms with Gasteiger partial charge in [-0.2, -0.15) is 0 Å². The number of benzene rings is 1. The van der Waals surface area contributed by atoms with Crippen LogP contribution in [0, 0.1) is 0 Å². The van der Waals surface area contributed by atoms with Gasteiger partial charge >= 0.3 is 5.97 Å². The molecule has 2 aromatic rings. The average Bonchev–Trinajstić information content (AvgIpc) is 2.39. The van der Waals surface area contributed by atoms with Gasteiger partial charge in [-0.15, -0.1) is 0 Å². The number of ether oxygens (including phenoxy) is 1. The molecule has 0 aliphatic carbocycles. The quantitative estimate of drug-likeness (QED) is 0.760. The maximum absolute atomic E-state index is 11.7. The molecular weight excluding hydrogens is 214 g/mol. The standard InChI is InChI=1S/C14H15NO2/c1-3-11(14(16)17-2)13-6-4-5-10-9-15-8-7-12(10)13/h4-9,11H,3H2,1-2H3. The Hall–Kier alpha value is -1.90. The summed E-state index contributed by atoms with van der Waals surface area (Å²) in [6.07, 6.45) is 4.28. The fraction of sp³-hybridized carbons (Fsp3) is 0.286. The Kier molecular flexibility index (Phi) is 3.38. The highest BCUT2D eigenvalue weighted by Gasteiger charge is 2.20. The van der Waals surface area contributed by atoms with Crippen molar-refractivity contribution in [2.24, 2.45) is 0 Å². The summed E-state index contributed by atoms with van der Waals surface area (Å²) in [5.74, 6) is -0.386. The Morgan fingerprint density at radius 2 is 2.24 bits per heavy atom. The van der Waals surface area contributed by atoms with Crippen molar-refractivity contribution in [2.45, 2.75) is 19.3 Å². The third-order valence-electron chi connectivity index (χ3n) is 2.98. The van der Waals surface area contributed by atoms with E-state index in [4.69, 9.17) is 4.74 Å². The molecule has 1 unspecified atom stereocenters. The fourth-order valence-corrected chi connectivity index (χ4v) is 2.11. The Bertz CT molecular complexity index is 531. The lowest BCUT2D eigenvalue weighted by Crippen LogP contribution is -2.13. The van der Waals surface area contributed by atoms with E-state index in [1.165, 1.54) is 7.11 Å². The van der Waals surface area contributed by atoms with E-state index >= 15 is 0 Å². The summed E-state index contributed by atoms with van der Waals surface area (Å²) >= 11 is 0.